The molecule has 2 atom stereocenters. The van der Waals surface area contributed by atoms with Crippen LogP contribution < -0.4 is 10.6 Å². The third-order valence-corrected chi connectivity index (χ3v) is 6.23. The summed E-state index contributed by atoms with van der Waals surface area (Å²) >= 11 is 0. The van der Waals surface area contributed by atoms with Gasteiger partial charge in [0.05, 0.1) is 23.0 Å². The van der Waals surface area contributed by atoms with E-state index in [2.05, 4.69) is 10.6 Å². The second kappa shape index (κ2) is 5.02. The molecule has 21 heavy (non-hydrogen) atoms. The van der Waals surface area contributed by atoms with Gasteiger partial charge in [-0.15, -0.1) is 0 Å². The summed E-state index contributed by atoms with van der Waals surface area (Å²) in [5, 5.41) is 6.26. The standard InChI is InChI=1S/C15H20N2O3S/c1-15(7-9-21(19,20)10-15)17-14(18)12-6-8-16-13-5-3-2-4-11(12)13/h2-5,12,16H,6-10H2,1H3,(H,17,18). The highest BCUT2D eigenvalue weighted by molar-refractivity contribution is 7.91. The molecule has 2 N–H and O–H groups in total. The lowest BCUT2D eigenvalue weighted by molar-refractivity contribution is -0.124. The second-order valence-corrected chi connectivity index (χ2v) is 8.43. The van der Waals surface area contributed by atoms with Crippen LogP contribution in [0.2, 0.25) is 0 Å². The maximum Gasteiger partial charge on any atom is 0.228 e. The van der Waals surface area contributed by atoms with Crippen molar-refractivity contribution in [3.05, 3.63) is 29.8 Å². The Bertz CT molecular complexity index is 671. The predicted molar refractivity (Wildman–Crippen MR) is 82.1 cm³/mol. The molecule has 0 aromatic heterocycles. The Labute approximate surface area is 125 Å². The first kappa shape index (κ1) is 14.4. The molecule has 0 aliphatic carbocycles. The molecule has 1 amide bonds. The van der Waals surface area contributed by atoms with E-state index >= 15 is 0 Å². The Kier molecular flexibility index (Phi) is 3.43. The van der Waals surface area contributed by atoms with Gasteiger partial charge in [0.2, 0.25) is 5.91 Å². The number of hydrogen-bond acceptors (Lipinski definition) is 4. The second-order valence-electron chi connectivity index (χ2n) is 6.25. The highest BCUT2D eigenvalue weighted by Gasteiger charge is 2.41. The molecule has 2 heterocycles. The van der Waals surface area contributed by atoms with E-state index in [1.165, 1.54) is 0 Å². The molecule has 0 bridgehead atoms. The van der Waals surface area contributed by atoms with E-state index in [4.69, 9.17) is 0 Å². The number of para-hydroxylation sites is 1. The maximum atomic E-state index is 12.6. The average Bonchev–Trinajstić information content (AvgIpc) is 2.71. The van der Waals surface area contributed by atoms with E-state index in [0.717, 1.165) is 24.2 Å². The molecule has 2 aliphatic heterocycles. The van der Waals surface area contributed by atoms with Gasteiger partial charge in [-0.2, -0.15) is 0 Å². The van der Waals surface area contributed by atoms with Crippen LogP contribution in [-0.2, 0) is 14.6 Å². The molecule has 1 saturated heterocycles. The van der Waals surface area contributed by atoms with Crippen molar-refractivity contribution < 1.29 is 13.2 Å². The van der Waals surface area contributed by atoms with Crippen LogP contribution >= 0.6 is 0 Å². The summed E-state index contributed by atoms with van der Waals surface area (Å²) in [7, 11) is -3.02. The Morgan fingerprint density at radius 1 is 1.38 bits per heavy atom. The summed E-state index contributed by atoms with van der Waals surface area (Å²) in [5.74, 6) is -0.0728. The van der Waals surface area contributed by atoms with Crippen LogP contribution in [0.5, 0.6) is 0 Å². The molecule has 5 nitrogen and oxygen atoms in total. The zero-order valence-corrected chi connectivity index (χ0v) is 12.9. The number of fused-ring (bicyclic) bond motifs is 1. The summed E-state index contributed by atoms with van der Waals surface area (Å²) in [4.78, 5) is 12.6. The fourth-order valence-electron chi connectivity index (χ4n) is 3.23. The van der Waals surface area contributed by atoms with Gasteiger partial charge < -0.3 is 10.6 Å². The van der Waals surface area contributed by atoms with Crippen molar-refractivity contribution in [2.45, 2.75) is 31.2 Å². The number of anilines is 1. The van der Waals surface area contributed by atoms with Crippen LogP contribution in [0.3, 0.4) is 0 Å². The van der Waals surface area contributed by atoms with E-state index in [1.807, 2.05) is 31.2 Å². The van der Waals surface area contributed by atoms with Crippen molar-refractivity contribution in [3.8, 4) is 0 Å². The number of nitrogens with one attached hydrogen (secondary N) is 2. The molecule has 6 heteroatoms. The summed E-state index contributed by atoms with van der Waals surface area (Å²) in [6.45, 7) is 2.58. The third kappa shape index (κ3) is 2.90. The van der Waals surface area contributed by atoms with Gasteiger partial charge in [-0.1, -0.05) is 18.2 Å². The van der Waals surface area contributed by atoms with Crippen LogP contribution in [0.15, 0.2) is 24.3 Å². The van der Waals surface area contributed by atoms with Gasteiger partial charge in [0, 0.05) is 12.2 Å². The fourth-order valence-corrected chi connectivity index (χ4v) is 5.33. The van der Waals surface area contributed by atoms with Gasteiger partial charge in [0.25, 0.3) is 0 Å². The first-order valence-electron chi connectivity index (χ1n) is 7.24. The maximum absolute atomic E-state index is 12.6. The van der Waals surface area contributed by atoms with Crippen molar-refractivity contribution in [1.29, 1.82) is 0 Å². The lowest BCUT2D eigenvalue weighted by Crippen LogP contribution is -2.49. The fraction of sp³-hybridized carbons (Fsp3) is 0.533. The predicted octanol–water partition coefficient (Wildman–Crippen LogP) is 1.28. The molecule has 1 aromatic rings. The minimum atomic E-state index is -3.02. The third-order valence-electron chi connectivity index (χ3n) is 4.33. The summed E-state index contributed by atoms with van der Waals surface area (Å²) < 4.78 is 23.3. The lowest BCUT2D eigenvalue weighted by atomic mass is 9.89. The Morgan fingerprint density at radius 2 is 2.14 bits per heavy atom. The molecular formula is C15H20N2O3S. The number of sulfone groups is 1. The van der Waals surface area contributed by atoms with Crippen LogP contribution in [0, 0.1) is 0 Å². The molecule has 2 unspecified atom stereocenters. The SMILES string of the molecule is CC1(NC(=O)C2CCNc3ccccc32)CCS(=O)(=O)C1. The number of hydrogen-bond donors (Lipinski definition) is 2. The number of amides is 1. The highest BCUT2D eigenvalue weighted by atomic mass is 32.2. The van der Waals surface area contributed by atoms with Gasteiger partial charge >= 0.3 is 0 Å². The Hall–Kier alpha value is -1.56. The normalized spacial score (nSPS) is 30.2. The van der Waals surface area contributed by atoms with Gasteiger partial charge in [-0.05, 0) is 31.4 Å². The van der Waals surface area contributed by atoms with Crippen LogP contribution in [0.4, 0.5) is 5.69 Å². The molecular weight excluding hydrogens is 288 g/mol. The van der Waals surface area contributed by atoms with Gasteiger partial charge in [-0.3, -0.25) is 4.79 Å². The molecule has 1 aromatic carbocycles. The van der Waals surface area contributed by atoms with Crippen molar-refractivity contribution in [3.63, 3.8) is 0 Å². The monoisotopic (exact) mass is 308 g/mol. The quantitative estimate of drug-likeness (QED) is 0.863. The van der Waals surface area contributed by atoms with E-state index in [1.54, 1.807) is 0 Å². The minimum absolute atomic E-state index is 0.0400. The Morgan fingerprint density at radius 3 is 2.86 bits per heavy atom. The largest absolute Gasteiger partial charge is 0.385 e. The van der Waals surface area contributed by atoms with Gasteiger partial charge in [0.1, 0.15) is 0 Å². The van der Waals surface area contributed by atoms with E-state index in [-0.39, 0.29) is 23.3 Å². The molecule has 3 rings (SSSR count). The summed E-state index contributed by atoms with van der Waals surface area (Å²) in [5.41, 5.74) is 1.36. The van der Waals surface area contributed by atoms with Crippen molar-refractivity contribution >= 4 is 21.4 Å². The highest BCUT2D eigenvalue weighted by Crippen LogP contribution is 2.32. The number of rotatable bonds is 2. The minimum Gasteiger partial charge on any atom is -0.385 e. The van der Waals surface area contributed by atoms with Gasteiger partial charge in [-0.25, -0.2) is 8.42 Å². The number of carbonyl (C=O) groups excluding carboxylic acids is 1. The molecule has 2 aliphatic rings. The Balaban J connectivity index is 1.78. The first-order valence-corrected chi connectivity index (χ1v) is 9.06. The summed E-state index contributed by atoms with van der Waals surface area (Å²) in [6.07, 6.45) is 1.22. The zero-order valence-electron chi connectivity index (χ0n) is 12.1. The van der Waals surface area contributed by atoms with Crippen LogP contribution in [0.1, 0.15) is 31.2 Å². The van der Waals surface area contributed by atoms with E-state index < -0.39 is 15.4 Å². The molecule has 0 saturated carbocycles. The molecule has 0 radical (unpaired) electrons. The van der Waals surface area contributed by atoms with Crippen LogP contribution in [-0.4, -0.2) is 37.9 Å². The number of carbonyl (C=O) groups is 1. The van der Waals surface area contributed by atoms with E-state index in [9.17, 15) is 13.2 Å². The van der Waals surface area contributed by atoms with E-state index in [0.29, 0.717) is 6.42 Å². The van der Waals surface area contributed by atoms with Crippen molar-refractivity contribution in [1.82, 2.24) is 5.32 Å². The van der Waals surface area contributed by atoms with Crippen molar-refractivity contribution in [2.24, 2.45) is 0 Å². The summed E-state index contributed by atoms with van der Waals surface area (Å²) in [6, 6.07) is 7.79. The molecule has 114 valence electrons. The topological polar surface area (TPSA) is 75.3 Å². The molecule has 1 fully saturated rings. The average molecular weight is 308 g/mol. The number of benzene rings is 1. The first-order chi connectivity index (χ1) is 9.89. The van der Waals surface area contributed by atoms with Crippen molar-refractivity contribution in [2.75, 3.05) is 23.4 Å². The van der Waals surface area contributed by atoms with Crippen LogP contribution in [0.25, 0.3) is 0 Å². The molecule has 0 spiro atoms. The zero-order chi connectivity index (χ0) is 15.1. The smallest absolute Gasteiger partial charge is 0.228 e. The van der Waals surface area contributed by atoms with Gasteiger partial charge in [0.15, 0.2) is 9.84 Å². The lowest BCUT2D eigenvalue weighted by Gasteiger charge is -2.30.